The van der Waals surface area contributed by atoms with Gasteiger partial charge in [0.05, 0.1) is 6.61 Å². The molecule has 1 saturated heterocycles. The van der Waals surface area contributed by atoms with Crippen LogP contribution < -0.4 is 0 Å². The van der Waals surface area contributed by atoms with E-state index >= 15 is 0 Å². The minimum absolute atomic E-state index is 0.0677. The van der Waals surface area contributed by atoms with Crippen LogP contribution in [0.4, 0.5) is 0 Å². The summed E-state index contributed by atoms with van der Waals surface area (Å²) in [5.74, 6) is -0.210. The van der Waals surface area contributed by atoms with Gasteiger partial charge in [0, 0.05) is 48.9 Å². The predicted octanol–water partition coefficient (Wildman–Crippen LogP) is 4.31. The van der Waals surface area contributed by atoms with E-state index in [1.54, 1.807) is 38.1 Å². The third-order valence-electron chi connectivity index (χ3n) is 5.43. The number of amides is 1. The van der Waals surface area contributed by atoms with E-state index in [2.05, 4.69) is 17.0 Å². The van der Waals surface area contributed by atoms with Gasteiger partial charge in [-0.25, -0.2) is 4.79 Å². The van der Waals surface area contributed by atoms with Crippen molar-refractivity contribution in [1.82, 2.24) is 9.80 Å². The van der Waals surface area contributed by atoms with Gasteiger partial charge in [-0.2, -0.15) is 0 Å². The molecule has 6 heteroatoms. The van der Waals surface area contributed by atoms with Crippen LogP contribution in [0.1, 0.15) is 35.3 Å². The molecule has 0 aromatic heterocycles. The fraction of sp³-hybridized carbons (Fsp3) is 0.360. The molecule has 1 aliphatic rings. The Morgan fingerprint density at radius 3 is 2.26 bits per heavy atom. The van der Waals surface area contributed by atoms with Gasteiger partial charge in [-0.3, -0.25) is 9.69 Å². The molecule has 0 radical (unpaired) electrons. The van der Waals surface area contributed by atoms with Crippen molar-refractivity contribution in [1.29, 1.82) is 0 Å². The fourth-order valence-corrected chi connectivity index (χ4v) is 3.70. The summed E-state index contributed by atoms with van der Waals surface area (Å²) in [6, 6.07) is 15.3. The van der Waals surface area contributed by atoms with Crippen LogP contribution in [0.2, 0.25) is 5.02 Å². The van der Waals surface area contributed by atoms with Crippen LogP contribution in [-0.2, 0) is 16.0 Å². The second-order valence-corrected chi connectivity index (χ2v) is 8.12. The van der Waals surface area contributed by atoms with Gasteiger partial charge in [-0.1, -0.05) is 35.9 Å². The van der Waals surface area contributed by atoms with Gasteiger partial charge in [0.1, 0.15) is 0 Å². The third kappa shape index (κ3) is 6.68. The Labute approximate surface area is 189 Å². The first-order chi connectivity index (χ1) is 15.0. The molecule has 1 amide bonds. The topological polar surface area (TPSA) is 49.9 Å². The quantitative estimate of drug-likeness (QED) is 0.475. The van der Waals surface area contributed by atoms with Gasteiger partial charge >= 0.3 is 5.97 Å². The van der Waals surface area contributed by atoms with Gasteiger partial charge < -0.3 is 9.64 Å². The Morgan fingerprint density at radius 2 is 1.65 bits per heavy atom. The molecule has 0 unspecified atom stereocenters. The molecule has 0 spiro atoms. The van der Waals surface area contributed by atoms with E-state index in [4.69, 9.17) is 16.3 Å². The number of hydrogen-bond donors (Lipinski definition) is 0. The molecule has 2 aromatic carbocycles. The molecular weight excluding hydrogens is 412 g/mol. The van der Waals surface area contributed by atoms with Crippen molar-refractivity contribution in [2.75, 3.05) is 39.3 Å². The minimum Gasteiger partial charge on any atom is -0.463 e. The number of piperazine rings is 1. The second kappa shape index (κ2) is 11.1. The van der Waals surface area contributed by atoms with Crippen LogP contribution in [0.3, 0.4) is 0 Å². The van der Waals surface area contributed by atoms with E-state index in [1.165, 1.54) is 5.56 Å². The summed E-state index contributed by atoms with van der Waals surface area (Å²) in [4.78, 5) is 28.6. The number of esters is 1. The zero-order valence-corrected chi connectivity index (χ0v) is 18.9. The van der Waals surface area contributed by atoms with Crippen molar-refractivity contribution in [3.8, 4) is 0 Å². The number of carbonyl (C=O) groups excluding carboxylic acids is 2. The van der Waals surface area contributed by atoms with Gasteiger partial charge in [-0.15, -0.1) is 0 Å². The first-order valence-corrected chi connectivity index (χ1v) is 11.1. The summed E-state index contributed by atoms with van der Waals surface area (Å²) in [7, 11) is 0. The van der Waals surface area contributed by atoms with Crippen molar-refractivity contribution < 1.29 is 14.3 Å². The number of benzene rings is 2. The van der Waals surface area contributed by atoms with Crippen molar-refractivity contribution in [3.63, 3.8) is 0 Å². The summed E-state index contributed by atoms with van der Waals surface area (Å²) >= 11 is 5.91. The van der Waals surface area contributed by atoms with Gasteiger partial charge in [0.25, 0.3) is 5.91 Å². The van der Waals surface area contributed by atoms with Gasteiger partial charge in [0.15, 0.2) is 0 Å². The molecule has 164 valence electrons. The maximum absolute atomic E-state index is 12.6. The first-order valence-electron chi connectivity index (χ1n) is 10.7. The average Bonchev–Trinajstić information content (AvgIpc) is 2.79. The predicted molar refractivity (Wildman–Crippen MR) is 124 cm³/mol. The van der Waals surface area contributed by atoms with Crippen molar-refractivity contribution in [2.24, 2.45) is 0 Å². The number of nitrogens with zero attached hydrogens (tertiary/aromatic N) is 2. The lowest BCUT2D eigenvalue weighted by atomic mass is 10.1. The van der Waals surface area contributed by atoms with Gasteiger partial charge in [0.2, 0.25) is 0 Å². The molecule has 3 rings (SSSR count). The van der Waals surface area contributed by atoms with Crippen LogP contribution >= 0.6 is 11.6 Å². The lowest BCUT2D eigenvalue weighted by molar-refractivity contribution is -0.138. The largest absolute Gasteiger partial charge is 0.463 e. The summed E-state index contributed by atoms with van der Waals surface area (Å²) in [6.07, 6.45) is 2.80. The molecule has 5 nitrogen and oxygen atoms in total. The summed E-state index contributed by atoms with van der Waals surface area (Å²) in [6.45, 7) is 8.13. The van der Waals surface area contributed by atoms with E-state index in [0.29, 0.717) is 22.8 Å². The Hall–Kier alpha value is -2.63. The molecule has 0 saturated carbocycles. The highest BCUT2D eigenvalue weighted by Gasteiger charge is 2.21. The van der Waals surface area contributed by atoms with Crippen molar-refractivity contribution >= 4 is 29.6 Å². The zero-order chi connectivity index (χ0) is 22.2. The van der Waals surface area contributed by atoms with Crippen LogP contribution in [0.15, 0.2) is 54.1 Å². The fourth-order valence-electron chi connectivity index (χ4n) is 3.57. The van der Waals surface area contributed by atoms with Gasteiger partial charge in [-0.05, 0) is 61.7 Å². The second-order valence-electron chi connectivity index (χ2n) is 7.68. The molecule has 0 bridgehead atoms. The van der Waals surface area contributed by atoms with E-state index in [-0.39, 0.29) is 11.9 Å². The highest BCUT2D eigenvalue weighted by Crippen LogP contribution is 2.14. The van der Waals surface area contributed by atoms with E-state index in [9.17, 15) is 9.59 Å². The van der Waals surface area contributed by atoms with Crippen LogP contribution in [0.25, 0.3) is 6.08 Å². The molecule has 0 atom stereocenters. The van der Waals surface area contributed by atoms with E-state index in [1.807, 2.05) is 23.1 Å². The smallest absolute Gasteiger partial charge is 0.333 e. The van der Waals surface area contributed by atoms with Crippen molar-refractivity contribution in [3.05, 3.63) is 75.8 Å². The van der Waals surface area contributed by atoms with E-state index in [0.717, 1.165) is 44.7 Å². The highest BCUT2D eigenvalue weighted by atomic mass is 35.5. The number of carbonyl (C=O) groups is 2. The molecule has 0 N–H and O–H groups in total. The van der Waals surface area contributed by atoms with Crippen LogP contribution in [0.5, 0.6) is 0 Å². The number of ether oxygens (including phenoxy) is 1. The Morgan fingerprint density at radius 1 is 1.00 bits per heavy atom. The van der Waals surface area contributed by atoms with Crippen molar-refractivity contribution in [2.45, 2.75) is 20.3 Å². The molecule has 31 heavy (non-hydrogen) atoms. The summed E-state index contributed by atoms with van der Waals surface area (Å²) in [5.41, 5.74) is 3.53. The Kier molecular flexibility index (Phi) is 8.27. The van der Waals surface area contributed by atoms with Crippen LogP contribution in [0, 0.1) is 0 Å². The molecular formula is C25H29ClN2O3. The SMILES string of the molecule is CCOC(=O)/C(C)=C/c1ccc(CCN2CCN(C(=O)c3ccc(Cl)cc3)CC2)cc1. The zero-order valence-electron chi connectivity index (χ0n) is 18.1. The molecule has 1 heterocycles. The highest BCUT2D eigenvalue weighted by molar-refractivity contribution is 6.30. The van der Waals surface area contributed by atoms with E-state index < -0.39 is 0 Å². The maximum Gasteiger partial charge on any atom is 0.333 e. The third-order valence-corrected chi connectivity index (χ3v) is 5.68. The number of hydrogen-bond acceptors (Lipinski definition) is 4. The molecule has 1 aliphatic heterocycles. The first kappa shape index (κ1) is 23.0. The minimum atomic E-state index is -0.278. The summed E-state index contributed by atoms with van der Waals surface area (Å²) < 4.78 is 5.01. The molecule has 2 aromatic rings. The monoisotopic (exact) mass is 440 g/mol. The Balaban J connectivity index is 1.45. The average molecular weight is 441 g/mol. The van der Waals surface area contributed by atoms with Crippen LogP contribution in [-0.4, -0.2) is 61.0 Å². The normalized spacial score (nSPS) is 15.1. The maximum atomic E-state index is 12.6. The lowest BCUT2D eigenvalue weighted by Crippen LogP contribution is -2.49. The summed E-state index contributed by atoms with van der Waals surface area (Å²) in [5, 5.41) is 0.638. The molecule has 1 fully saturated rings. The molecule has 0 aliphatic carbocycles. The number of rotatable bonds is 7. The standard InChI is InChI=1S/C25H29ClN2O3/c1-3-31-25(30)19(2)18-21-6-4-20(5-7-21)12-13-27-14-16-28(17-15-27)24(29)22-8-10-23(26)11-9-22/h4-11,18H,3,12-17H2,1-2H3/b19-18+. The number of halogens is 1. The Bertz CT molecular complexity index is 915. The lowest BCUT2D eigenvalue weighted by Gasteiger charge is -2.34.